The third-order valence-corrected chi connectivity index (χ3v) is 5.31. The van der Waals surface area contributed by atoms with Crippen molar-refractivity contribution in [2.24, 2.45) is 0 Å². The minimum atomic E-state index is 0.308. The van der Waals surface area contributed by atoms with Gasteiger partial charge in [-0.2, -0.15) is 0 Å². The first kappa shape index (κ1) is 14.3. The Labute approximate surface area is 147 Å². The van der Waals surface area contributed by atoms with Crippen molar-refractivity contribution in [1.29, 1.82) is 0 Å². The second-order valence-electron chi connectivity index (χ2n) is 6.73. The van der Waals surface area contributed by atoms with Crippen LogP contribution >= 0.6 is 0 Å². The number of allylic oxidation sites excluding steroid dienone is 1. The standard InChI is InChI=1S/C24H19N/c1-16-21(17-10-4-2-5-11-17)23-19-14-8-9-15-20(19)25-24(23)22(16)18-12-6-3-7-13-18/h2-15,21,25H,1H3. The SMILES string of the molecule is CC1=C(c2ccccc2)c2[nH]c3ccccc3c2C1c1ccccc1. The van der Waals surface area contributed by atoms with Crippen LogP contribution in [0.4, 0.5) is 0 Å². The number of benzene rings is 3. The van der Waals surface area contributed by atoms with E-state index in [1.165, 1.54) is 44.4 Å². The molecule has 0 amide bonds. The van der Waals surface area contributed by atoms with Crippen molar-refractivity contribution >= 4 is 16.5 Å². The third-order valence-electron chi connectivity index (χ3n) is 5.31. The van der Waals surface area contributed by atoms with Crippen molar-refractivity contribution in [1.82, 2.24) is 4.98 Å². The molecule has 1 N–H and O–H groups in total. The van der Waals surface area contributed by atoms with Gasteiger partial charge in [-0.25, -0.2) is 0 Å². The van der Waals surface area contributed by atoms with Crippen LogP contribution in [0.2, 0.25) is 0 Å². The fourth-order valence-electron chi connectivity index (χ4n) is 4.26. The lowest BCUT2D eigenvalue weighted by molar-refractivity contribution is 0.986. The molecule has 3 aromatic carbocycles. The Morgan fingerprint density at radius 1 is 0.720 bits per heavy atom. The van der Waals surface area contributed by atoms with Crippen LogP contribution in [0.15, 0.2) is 90.5 Å². The monoisotopic (exact) mass is 321 g/mol. The van der Waals surface area contributed by atoms with Crippen LogP contribution in [0, 0.1) is 0 Å². The smallest absolute Gasteiger partial charge is 0.0512 e. The van der Waals surface area contributed by atoms with Gasteiger partial charge in [-0.1, -0.05) is 84.4 Å². The largest absolute Gasteiger partial charge is 0.354 e. The summed E-state index contributed by atoms with van der Waals surface area (Å²) in [4.78, 5) is 3.70. The van der Waals surface area contributed by atoms with Crippen LogP contribution in [0.3, 0.4) is 0 Å². The number of para-hydroxylation sites is 1. The number of H-pyrrole nitrogens is 1. The zero-order valence-corrected chi connectivity index (χ0v) is 14.2. The van der Waals surface area contributed by atoms with Crippen molar-refractivity contribution in [3.63, 3.8) is 0 Å². The summed E-state index contributed by atoms with van der Waals surface area (Å²) in [5, 5.41) is 1.33. The van der Waals surface area contributed by atoms with Crippen LogP contribution in [0.5, 0.6) is 0 Å². The molecule has 120 valence electrons. The molecule has 1 aliphatic rings. The van der Waals surface area contributed by atoms with E-state index in [1.807, 2.05) is 0 Å². The van der Waals surface area contributed by atoms with Gasteiger partial charge in [0, 0.05) is 22.4 Å². The zero-order valence-electron chi connectivity index (χ0n) is 14.2. The van der Waals surface area contributed by atoms with E-state index in [2.05, 4.69) is 96.8 Å². The Morgan fingerprint density at radius 2 is 1.36 bits per heavy atom. The summed E-state index contributed by atoms with van der Waals surface area (Å²) in [6, 6.07) is 30.2. The highest BCUT2D eigenvalue weighted by Crippen LogP contribution is 2.50. The summed E-state index contributed by atoms with van der Waals surface area (Å²) in [5.74, 6) is 0.308. The molecule has 0 bridgehead atoms. The average molecular weight is 321 g/mol. The quantitative estimate of drug-likeness (QED) is 0.457. The van der Waals surface area contributed by atoms with E-state index in [0.29, 0.717) is 5.92 Å². The number of rotatable bonds is 2. The summed E-state index contributed by atoms with van der Waals surface area (Å²) < 4.78 is 0. The fourth-order valence-corrected chi connectivity index (χ4v) is 4.26. The molecule has 1 heterocycles. The molecule has 1 heteroatoms. The van der Waals surface area contributed by atoms with Crippen LogP contribution in [-0.2, 0) is 0 Å². The highest BCUT2D eigenvalue weighted by molar-refractivity contribution is 5.98. The zero-order chi connectivity index (χ0) is 16.8. The molecular formula is C24H19N. The molecule has 1 aromatic heterocycles. The summed E-state index contributed by atoms with van der Waals surface area (Å²) in [6.07, 6.45) is 0. The summed E-state index contributed by atoms with van der Waals surface area (Å²) in [6.45, 7) is 2.28. The maximum atomic E-state index is 3.70. The number of aromatic nitrogens is 1. The molecule has 0 spiro atoms. The first-order valence-corrected chi connectivity index (χ1v) is 8.76. The van der Waals surface area contributed by atoms with Gasteiger partial charge in [0.05, 0.1) is 5.69 Å². The van der Waals surface area contributed by atoms with Gasteiger partial charge in [-0.05, 0) is 29.7 Å². The molecule has 1 unspecified atom stereocenters. The summed E-state index contributed by atoms with van der Waals surface area (Å²) >= 11 is 0. The van der Waals surface area contributed by atoms with E-state index in [1.54, 1.807) is 0 Å². The van der Waals surface area contributed by atoms with Crippen LogP contribution < -0.4 is 0 Å². The van der Waals surface area contributed by atoms with Gasteiger partial charge in [-0.15, -0.1) is 0 Å². The van der Waals surface area contributed by atoms with Gasteiger partial charge in [0.2, 0.25) is 0 Å². The van der Waals surface area contributed by atoms with Crippen LogP contribution in [0.1, 0.15) is 35.2 Å². The Bertz CT molecular complexity index is 1080. The van der Waals surface area contributed by atoms with Crippen LogP contribution in [0.25, 0.3) is 16.5 Å². The van der Waals surface area contributed by atoms with E-state index in [-0.39, 0.29) is 0 Å². The average Bonchev–Trinajstić information content (AvgIpc) is 3.16. The van der Waals surface area contributed by atoms with E-state index >= 15 is 0 Å². The first-order valence-electron chi connectivity index (χ1n) is 8.76. The maximum absolute atomic E-state index is 3.70. The van der Waals surface area contributed by atoms with E-state index in [0.717, 1.165) is 0 Å². The predicted molar refractivity (Wildman–Crippen MR) is 105 cm³/mol. The molecule has 4 aromatic rings. The molecule has 0 radical (unpaired) electrons. The second kappa shape index (κ2) is 5.49. The number of aromatic amines is 1. The molecule has 1 nitrogen and oxygen atoms in total. The van der Waals surface area contributed by atoms with Crippen molar-refractivity contribution in [2.45, 2.75) is 12.8 Å². The number of nitrogens with one attached hydrogen (secondary N) is 1. The highest BCUT2D eigenvalue weighted by atomic mass is 14.7. The van der Waals surface area contributed by atoms with Crippen molar-refractivity contribution < 1.29 is 0 Å². The lowest BCUT2D eigenvalue weighted by Gasteiger charge is -2.15. The Kier molecular flexibility index (Phi) is 3.14. The third kappa shape index (κ3) is 2.09. The van der Waals surface area contributed by atoms with Gasteiger partial charge >= 0.3 is 0 Å². The molecule has 0 aliphatic heterocycles. The molecular weight excluding hydrogens is 302 g/mol. The van der Waals surface area contributed by atoms with Crippen molar-refractivity contribution in [3.05, 3.63) is 113 Å². The lowest BCUT2D eigenvalue weighted by Crippen LogP contribution is -1.98. The Hall–Kier alpha value is -3.06. The summed E-state index contributed by atoms with van der Waals surface area (Å²) in [5.41, 5.74) is 9.32. The van der Waals surface area contributed by atoms with Gasteiger partial charge in [0.15, 0.2) is 0 Å². The molecule has 1 atom stereocenters. The molecule has 1 aliphatic carbocycles. The van der Waals surface area contributed by atoms with Gasteiger partial charge in [0.1, 0.15) is 0 Å². The van der Waals surface area contributed by atoms with Crippen molar-refractivity contribution in [2.75, 3.05) is 0 Å². The van der Waals surface area contributed by atoms with Gasteiger partial charge in [-0.3, -0.25) is 0 Å². The normalized spacial score (nSPS) is 16.4. The minimum absolute atomic E-state index is 0.308. The molecule has 25 heavy (non-hydrogen) atoms. The van der Waals surface area contributed by atoms with Crippen LogP contribution in [-0.4, -0.2) is 4.98 Å². The Balaban J connectivity index is 1.84. The predicted octanol–water partition coefficient (Wildman–Crippen LogP) is 6.14. The van der Waals surface area contributed by atoms with E-state index in [9.17, 15) is 0 Å². The van der Waals surface area contributed by atoms with E-state index < -0.39 is 0 Å². The van der Waals surface area contributed by atoms with Crippen molar-refractivity contribution in [3.8, 4) is 0 Å². The number of hydrogen-bond acceptors (Lipinski definition) is 0. The molecule has 0 fully saturated rings. The van der Waals surface area contributed by atoms with Gasteiger partial charge < -0.3 is 4.98 Å². The van der Waals surface area contributed by atoms with Gasteiger partial charge in [0.25, 0.3) is 0 Å². The molecule has 0 saturated heterocycles. The first-order chi connectivity index (χ1) is 12.3. The second-order valence-corrected chi connectivity index (χ2v) is 6.73. The molecule has 5 rings (SSSR count). The summed E-state index contributed by atoms with van der Waals surface area (Å²) in [7, 11) is 0. The lowest BCUT2D eigenvalue weighted by atomic mass is 9.88. The highest BCUT2D eigenvalue weighted by Gasteiger charge is 2.33. The number of hydrogen-bond donors (Lipinski definition) is 1. The topological polar surface area (TPSA) is 15.8 Å². The Morgan fingerprint density at radius 3 is 2.12 bits per heavy atom. The fraction of sp³-hybridized carbons (Fsp3) is 0.0833. The minimum Gasteiger partial charge on any atom is -0.354 e. The molecule has 0 saturated carbocycles. The number of fused-ring (bicyclic) bond motifs is 3. The van der Waals surface area contributed by atoms with E-state index in [4.69, 9.17) is 0 Å². The maximum Gasteiger partial charge on any atom is 0.0512 e.